The van der Waals surface area contributed by atoms with E-state index in [2.05, 4.69) is 53.3 Å². The smallest absolute Gasteiger partial charge is 0.246 e. The lowest BCUT2D eigenvalue weighted by Gasteiger charge is -2.47. The van der Waals surface area contributed by atoms with Crippen LogP contribution in [0.15, 0.2) is 75.7 Å². The molecule has 7 rings (SSSR count). The minimum Gasteiger partial charge on any atom is -0.472 e. The van der Waals surface area contributed by atoms with Crippen LogP contribution in [-0.4, -0.2) is 0 Å². The number of hydrogen-bond donors (Lipinski definition) is 0. The monoisotopic (exact) mass is 459 g/mol. The van der Waals surface area contributed by atoms with Crippen LogP contribution in [0.25, 0.3) is 0 Å². The molecule has 160 valence electrons. The van der Waals surface area contributed by atoms with Crippen molar-refractivity contribution in [2.45, 2.75) is 30.7 Å². The number of benzene rings is 1. The number of aryl methyl sites for hydroxylation is 1. The molecule has 0 saturated heterocycles. The van der Waals surface area contributed by atoms with Gasteiger partial charge in [-0.3, -0.25) is 0 Å². The van der Waals surface area contributed by atoms with Crippen LogP contribution in [0.1, 0.15) is 51.3 Å². The summed E-state index contributed by atoms with van der Waals surface area (Å²) in [5.41, 5.74) is 6.56. The summed E-state index contributed by atoms with van der Waals surface area (Å²) >= 11 is 1.88. The van der Waals surface area contributed by atoms with Gasteiger partial charge in [0.25, 0.3) is 0 Å². The zero-order valence-corrected chi connectivity index (χ0v) is 18.0. The molecular weight excluding hydrogens is 442 g/mol. The molecule has 1 aromatic carbocycles. The SMILES string of the molecule is Cc1csc2[n+]1C1CC(c3ccoc3)(c3ccoc3)C2c2ccccc21.[O-][Cl+3]([O-])([O-])[O-]. The van der Waals surface area contributed by atoms with Crippen LogP contribution >= 0.6 is 11.3 Å². The number of rotatable bonds is 2. The minimum absolute atomic E-state index is 0.156. The maximum absolute atomic E-state index is 8.49. The van der Waals surface area contributed by atoms with Crippen molar-refractivity contribution in [2.75, 3.05) is 0 Å². The molecule has 31 heavy (non-hydrogen) atoms. The molecule has 2 bridgehead atoms. The molecule has 1 aliphatic carbocycles. The van der Waals surface area contributed by atoms with Gasteiger partial charge in [0, 0.05) is 30.0 Å². The average molecular weight is 460 g/mol. The van der Waals surface area contributed by atoms with Gasteiger partial charge in [-0.1, -0.05) is 35.6 Å². The molecule has 3 aromatic heterocycles. The van der Waals surface area contributed by atoms with Crippen molar-refractivity contribution in [1.82, 2.24) is 0 Å². The van der Waals surface area contributed by atoms with Crippen molar-refractivity contribution in [3.05, 3.63) is 99.8 Å². The number of nitrogens with zero attached hydrogens (tertiary/aromatic N) is 1. The van der Waals surface area contributed by atoms with Crippen molar-refractivity contribution in [2.24, 2.45) is 0 Å². The summed E-state index contributed by atoms with van der Waals surface area (Å²) in [6.07, 6.45) is 8.43. The molecule has 5 heterocycles. The van der Waals surface area contributed by atoms with E-state index in [9.17, 15) is 0 Å². The second-order valence-electron chi connectivity index (χ2n) is 7.74. The van der Waals surface area contributed by atoms with Gasteiger partial charge >= 0.3 is 0 Å². The molecule has 9 heteroatoms. The molecule has 7 nitrogen and oxygen atoms in total. The van der Waals surface area contributed by atoms with Gasteiger partial charge in [-0.25, -0.2) is 18.6 Å². The number of thiazole rings is 1. The molecule has 0 spiro atoms. The summed E-state index contributed by atoms with van der Waals surface area (Å²) in [4.78, 5) is 0. The fourth-order valence-electron chi connectivity index (χ4n) is 5.26. The van der Waals surface area contributed by atoms with Crippen LogP contribution in [-0.2, 0) is 5.41 Å². The summed E-state index contributed by atoms with van der Waals surface area (Å²) in [5.74, 6) is 0.262. The Labute approximate surface area is 184 Å². The van der Waals surface area contributed by atoms with Crippen LogP contribution in [0, 0.1) is 17.2 Å². The summed E-state index contributed by atoms with van der Waals surface area (Å²) in [7, 11) is -4.94. The van der Waals surface area contributed by atoms with Crippen molar-refractivity contribution < 1.29 is 42.3 Å². The maximum atomic E-state index is 8.49. The van der Waals surface area contributed by atoms with Gasteiger partial charge in [0.2, 0.25) is 5.01 Å². The minimum atomic E-state index is -4.94. The van der Waals surface area contributed by atoms with Crippen LogP contribution in [0.2, 0.25) is 0 Å². The van der Waals surface area contributed by atoms with Crippen molar-refractivity contribution in [3.63, 3.8) is 0 Å². The Morgan fingerprint density at radius 3 is 2.10 bits per heavy atom. The Balaban J connectivity index is 0.000000371. The first-order valence-corrected chi connectivity index (χ1v) is 11.7. The van der Waals surface area contributed by atoms with Gasteiger partial charge in [-0.05, 0) is 17.7 Å². The van der Waals surface area contributed by atoms with Gasteiger partial charge in [-0.15, -0.1) is 10.2 Å². The summed E-state index contributed by atoms with van der Waals surface area (Å²) in [5, 5.41) is 3.72. The highest BCUT2D eigenvalue weighted by Gasteiger charge is 2.61. The number of aromatic nitrogens is 1. The fraction of sp³-hybridized carbons (Fsp3) is 0.227. The molecule has 4 aromatic rings. The van der Waals surface area contributed by atoms with Gasteiger partial charge in [0.15, 0.2) is 11.7 Å². The predicted molar refractivity (Wildman–Crippen MR) is 98.5 cm³/mol. The first-order chi connectivity index (χ1) is 14.8. The molecular formula is C22H18ClNO6S. The molecule has 0 N–H and O–H groups in total. The summed E-state index contributed by atoms with van der Waals surface area (Å²) in [6, 6.07) is 13.5. The molecule has 2 aliphatic heterocycles. The quantitative estimate of drug-likeness (QED) is 0.394. The third-order valence-corrected chi connectivity index (χ3v) is 7.41. The van der Waals surface area contributed by atoms with E-state index in [1.807, 2.05) is 23.9 Å². The number of furan rings is 2. The lowest BCUT2D eigenvalue weighted by Crippen LogP contribution is -2.68. The van der Waals surface area contributed by atoms with Crippen molar-refractivity contribution >= 4 is 11.3 Å². The molecule has 0 radical (unpaired) electrons. The van der Waals surface area contributed by atoms with E-state index >= 15 is 0 Å². The van der Waals surface area contributed by atoms with E-state index in [1.54, 1.807) is 12.5 Å². The number of halogens is 1. The van der Waals surface area contributed by atoms with E-state index in [1.165, 1.54) is 33.0 Å². The van der Waals surface area contributed by atoms with Gasteiger partial charge < -0.3 is 8.83 Å². The lowest BCUT2D eigenvalue weighted by atomic mass is 9.55. The predicted octanol–water partition coefficient (Wildman–Crippen LogP) is 0.199. The van der Waals surface area contributed by atoms with Crippen LogP contribution < -0.4 is 23.2 Å². The zero-order chi connectivity index (χ0) is 21.8. The van der Waals surface area contributed by atoms with E-state index in [0.29, 0.717) is 6.04 Å². The van der Waals surface area contributed by atoms with Crippen molar-refractivity contribution in [1.29, 1.82) is 0 Å². The molecule has 0 fully saturated rings. The highest BCUT2D eigenvalue weighted by molar-refractivity contribution is 7.09. The third-order valence-electron chi connectivity index (χ3n) is 6.27. The topological polar surface area (TPSA) is 122 Å². The van der Waals surface area contributed by atoms with Crippen LogP contribution in [0.3, 0.4) is 0 Å². The van der Waals surface area contributed by atoms with Crippen molar-refractivity contribution in [3.8, 4) is 0 Å². The highest BCUT2D eigenvalue weighted by Crippen LogP contribution is 2.60. The lowest BCUT2D eigenvalue weighted by molar-refractivity contribution is -2.00. The summed E-state index contributed by atoms with van der Waals surface area (Å²) < 4.78 is 47.6. The molecule has 2 atom stereocenters. The third kappa shape index (κ3) is 3.23. The molecule has 0 saturated carbocycles. The van der Waals surface area contributed by atoms with E-state index in [4.69, 9.17) is 27.5 Å². The van der Waals surface area contributed by atoms with Crippen LogP contribution in [0.4, 0.5) is 0 Å². The number of hydrogen-bond acceptors (Lipinski definition) is 7. The zero-order valence-electron chi connectivity index (χ0n) is 16.4. The van der Waals surface area contributed by atoms with Gasteiger partial charge in [0.05, 0.1) is 41.8 Å². The normalized spacial score (nSPS) is 20.5. The fourth-order valence-corrected chi connectivity index (χ4v) is 6.52. The Morgan fingerprint density at radius 2 is 1.55 bits per heavy atom. The molecule has 0 amide bonds. The molecule has 3 aliphatic rings. The largest absolute Gasteiger partial charge is 0.472 e. The second kappa shape index (κ2) is 7.30. The van der Waals surface area contributed by atoms with E-state index in [0.717, 1.165) is 6.42 Å². The second-order valence-corrected chi connectivity index (χ2v) is 9.39. The van der Waals surface area contributed by atoms with Crippen LogP contribution in [0.5, 0.6) is 0 Å². The molecule has 2 unspecified atom stereocenters. The highest BCUT2D eigenvalue weighted by atomic mass is 35.7. The average Bonchev–Trinajstić information content (AvgIpc) is 3.49. The first kappa shape index (κ1) is 20.4. The van der Waals surface area contributed by atoms with E-state index < -0.39 is 10.2 Å². The Kier molecular flexibility index (Phi) is 4.82. The standard InChI is InChI=1S/C22H18NO2S.ClHO4/c1-14-13-26-21-20-18-5-3-2-4-17(18)19(23(14)21)10-22(20,15-6-8-24-11-15)16-7-9-25-12-16;2-1(3,4)5/h2-9,11-13,19-20H,10H2,1H3;(H,2,3,4,5)/q+1;/p-1. The maximum Gasteiger partial charge on any atom is 0.246 e. The van der Waals surface area contributed by atoms with Gasteiger partial charge in [0.1, 0.15) is 0 Å². The first-order valence-electron chi connectivity index (χ1n) is 9.56. The Morgan fingerprint density at radius 1 is 0.968 bits per heavy atom. The van der Waals surface area contributed by atoms with E-state index in [-0.39, 0.29) is 11.3 Å². The van der Waals surface area contributed by atoms with Gasteiger partial charge in [-0.2, -0.15) is 4.57 Å². The Hall–Kier alpha value is -2.46. The Bertz CT molecular complexity index is 1160. The number of fused-ring (bicyclic) bond motifs is 1. The summed E-state index contributed by atoms with van der Waals surface area (Å²) in [6.45, 7) is 2.22.